The minimum absolute atomic E-state index is 0.0224. The van der Waals surface area contributed by atoms with Gasteiger partial charge in [-0.15, -0.1) is 0 Å². The zero-order valence-electron chi connectivity index (χ0n) is 11.0. The molecule has 0 spiro atoms. The van der Waals surface area contributed by atoms with Gasteiger partial charge in [0.15, 0.2) is 5.82 Å². The summed E-state index contributed by atoms with van der Waals surface area (Å²) in [5, 5.41) is 8.84. The molecule has 0 radical (unpaired) electrons. The highest BCUT2D eigenvalue weighted by atomic mass is 35.5. The molecule has 1 heterocycles. The second kappa shape index (κ2) is 6.18. The van der Waals surface area contributed by atoms with Crippen molar-refractivity contribution >= 4 is 33.2 Å². The Labute approximate surface area is 131 Å². The molecule has 0 bridgehead atoms. The molecule has 7 nitrogen and oxygen atoms in total. The zero-order chi connectivity index (χ0) is 15.6. The van der Waals surface area contributed by atoms with Crippen LogP contribution in [0.2, 0.25) is 10.0 Å². The van der Waals surface area contributed by atoms with E-state index in [1.165, 1.54) is 18.5 Å². The van der Waals surface area contributed by atoms with Crippen molar-refractivity contribution in [1.29, 1.82) is 0 Å². The Morgan fingerprint density at radius 1 is 1.33 bits per heavy atom. The number of primary sulfonamides is 1. The van der Waals surface area contributed by atoms with Gasteiger partial charge in [0.05, 0.1) is 5.02 Å². The van der Waals surface area contributed by atoms with E-state index in [0.717, 1.165) is 0 Å². The summed E-state index contributed by atoms with van der Waals surface area (Å²) >= 11 is 11.9. The molecule has 1 aromatic heterocycles. The van der Waals surface area contributed by atoms with E-state index in [9.17, 15) is 8.42 Å². The number of ether oxygens (including phenoxy) is 1. The van der Waals surface area contributed by atoms with E-state index in [4.69, 9.17) is 33.1 Å². The van der Waals surface area contributed by atoms with E-state index in [1.807, 2.05) is 6.92 Å². The average Bonchev–Trinajstić information content (AvgIpc) is 2.86. The number of hydrogen-bond acceptors (Lipinski definition) is 5. The normalized spacial score (nSPS) is 11.6. The molecule has 2 aromatic rings. The molecule has 2 rings (SSSR count). The van der Waals surface area contributed by atoms with Crippen molar-refractivity contribution in [3.8, 4) is 5.75 Å². The average molecular weight is 351 g/mol. The van der Waals surface area contributed by atoms with Crippen molar-refractivity contribution in [2.75, 3.05) is 0 Å². The quantitative estimate of drug-likeness (QED) is 0.886. The molecular formula is C11H12Cl2N4O3S. The second-order valence-electron chi connectivity index (χ2n) is 4.02. The van der Waals surface area contributed by atoms with Crippen molar-refractivity contribution in [3.63, 3.8) is 0 Å². The summed E-state index contributed by atoms with van der Waals surface area (Å²) in [6.45, 7) is 2.69. The standard InChI is InChI=1S/C11H12Cl2N4O3S/c1-2-17-9(15-6-16-17)5-20-7-3-4-8(21(14,18)19)11(13)10(7)12/h3-4,6H,2,5H2,1H3,(H2,14,18,19). The molecule has 0 atom stereocenters. The number of hydrogen-bond donors (Lipinski definition) is 1. The van der Waals surface area contributed by atoms with Crippen LogP contribution in [0.25, 0.3) is 0 Å². The number of nitrogens with zero attached hydrogens (tertiary/aromatic N) is 3. The number of rotatable bonds is 5. The molecule has 0 unspecified atom stereocenters. The van der Waals surface area contributed by atoms with Gasteiger partial charge in [0.2, 0.25) is 10.0 Å². The van der Waals surface area contributed by atoms with Gasteiger partial charge in [-0.1, -0.05) is 23.2 Å². The summed E-state index contributed by atoms with van der Waals surface area (Å²) < 4.78 is 29.8. The molecule has 0 amide bonds. The van der Waals surface area contributed by atoms with E-state index in [-0.39, 0.29) is 27.3 Å². The van der Waals surface area contributed by atoms with E-state index < -0.39 is 10.0 Å². The third-order valence-corrected chi connectivity index (χ3v) is 4.60. The Morgan fingerprint density at radius 2 is 2.05 bits per heavy atom. The first kappa shape index (κ1) is 16.0. The SMILES string of the molecule is CCn1ncnc1COc1ccc(S(N)(=O)=O)c(Cl)c1Cl. The Kier molecular flexibility index (Phi) is 4.72. The van der Waals surface area contributed by atoms with E-state index in [2.05, 4.69) is 10.1 Å². The molecule has 0 saturated carbocycles. The van der Waals surface area contributed by atoms with Gasteiger partial charge in [-0.05, 0) is 19.1 Å². The maximum atomic E-state index is 11.3. The second-order valence-corrected chi connectivity index (χ2v) is 6.30. The maximum absolute atomic E-state index is 11.3. The van der Waals surface area contributed by atoms with Crippen molar-refractivity contribution < 1.29 is 13.2 Å². The molecule has 1 aromatic carbocycles. The van der Waals surface area contributed by atoms with E-state index in [1.54, 1.807) is 4.68 Å². The van der Waals surface area contributed by atoms with Crippen molar-refractivity contribution in [3.05, 3.63) is 34.3 Å². The fraction of sp³-hybridized carbons (Fsp3) is 0.273. The minimum Gasteiger partial charge on any atom is -0.484 e. The van der Waals surface area contributed by atoms with Gasteiger partial charge < -0.3 is 4.74 Å². The Hall–Kier alpha value is -1.35. The summed E-state index contributed by atoms with van der Waals surface area (Å²) in [6, 6.07) is 2.63. The highest BCUT2D eigenvalue weighted by molar-refractivity contribution is 7.89. The third kappa shape index (κ3) is 3.46. The fourth-order valence-corrected chi connectivity index (χ4v) is 3.02. The van der Waals surface area contributed by atoms with Crippen LogP contribution < -0.4 is 9.88 Å². The molecule has 0 fully saturated rings. The van der Waals surface area contributed by atoms with Gasteiger partial charge >= 0.3 is 0 Å². The lowest BCUT2D eigenvalue weighted by Gasteiger charge is -2.11. The van der Waals surface area contributed by atoms with E-state index >= 15 is 0 Å². The number of aromatic nitrogens is 3. The third-order valence-electron chi connectivity index (χ3n) is 2.67. The van der Waals surface area contributed by atoms with Crippen molar-refractivity contribution in [2.45, 2.75) is 25.0 Å². The van der Waals surface area contributed by atoms with Gasteiger partial charge in [-0.25, -0.2) is 23.2 Å². The zero-order valence-corrected chi connectivity index (χ0v) is 13.3. The van der Waals surface area contributed by atoms with Crippen molar-refractivity contribution in [1.82, 2.24) is 14.8 Å². The summed E-state index contributed by atoms with van der Waals surface area (Å²) in [5.41, 5.74) is 0. The lowest BCUT2D eigenvalue weighted by molar-refractivity contribution is 0.287. The lowest BCUT2D eigenvalue weighted by Crippen LogP contribution is -2.13. The molecule has 0 aliphatic heterocycles. The molecule has 10 heteroatoms. The van der Waals surface area contributed by atoms with Crippen LogP contribution in [0, 0.1) is 0 Å². The van der Waals surface area contributed by atoms with Crippen LogP contribution in [0.1, 0.15) is 12.7 Å². The Morgan fingerprint density at radius 3 is 2.67 bits per heavy atom. The van der Waals surface area contributed by atoms with Crippen LogP contribution in [0.4, 0.5) is 0 Å². The fourth-order valence-electron chi connectivity index (χ4n) is 1.65. The summed E-state index contributed by atoms with van der Waals surface area (Å²) in [6.07, 6.45) is 1.42. The topological polar surface area (TPSA) is 100 Å². The number of aryl methyl sites for hydroxylation is 1. The first-order chi connectivity index (χ1) is 9.84. The van der Waals surface area contributed by atoms with Gasteiger partial charge in [0.1, 0.15) is 28.6 Å². The number of benzene rings is 1. The Bertz CT molecular complexity index is 761. The van der Waals surface area contributed by atoms with Gasteiger partial charge in [-0.2, -0.15) is 5.10 Å². The number of halogens is 2. The minimum atomic E-state index is -3.94. The van der Waals surface area contributed by atoms with Crippen LogP contribution in [-0.4, -0.2) is 23.2 Å². The highest BCUT2D eigenvalue weighted by Crippen LogP contribution is 2.36. The largest absolute Gasteiger partial charge is 0.484 e. The highest BCUT2D eigenvalue weighted by Gasteiger charge is 2.19. The summed E-state index contributed by atoms with van der Waals surface area (Å²) in [5.74, 6) is 0.847. The molecule has 2 N–H and O–H groups in total. The van der Waals surface area contributed by atoms with Crippen LogP contribution in [0.5, 0.6) is 5.75 Å². The first-order valence-corrected chi connectivity index (χ1v) is 8.15. The molecule has 0 saturated heterocycles. The van der Waals surface area contributed by atoms with Crippen LogP contribution in [-0.2, 0) is 23.2 Å². The van der Waals surface area contributed by atoms with Gasteiger partial charge in [0.25, 0.3) is 0 Å². The molecular weight excluding hydrogens is 339 g/mol. The van der Waals surface area contributed by atoms with Crippen LogP contribution >= 0.6 is 23.2 Å². The monoisotopic (exact) mass is 350 g/mol. The lowest BCUT2D eigenvalue weighted by atomic mass is 10.3. The Balaban J connectivity index is 2.24. The smallest absolute Gasteiger partial charge is 0.239 e. The van der Waals surface area contributed by atoms with Crippen LogP contribution in [0.15, 0.2) is 23.4 Å². The molecule has 0 aliphatic carbocycles. The van der Waals surface area contributed by atoms with Crippen LogP contribution in [0.3, 0.4) is 0 Å². The predicted molar refractivity (Wildman–Crippen MR) is 77.9 cm³/mol. The molecule has 0 aliphatic rings. The van der Waals surface area contributed by atoms with Gasteiger partial charge in [-0.3, -0.25) is 0 Å². The number of sulfonamides is 1. The molecule has 114 valence electrons. The van der Waals surface area contributed by atoms with E-state index in [0.29, 0.717) is 12.4 Å². The first-order valence-electron chi connectivity index (χ1n) is 5.85. The maximum Gasteiger partial charge on any atom is 0.239 e. The van der Waals surface area contributed by atoms with Gasteiger partial charge in [0, 0.05) is 6.54 Å². The summed E-state index contributed by atoms with van der Waals surface area (Å²) in [7, 11) is -3.94. The predicted octanol–water partition coefficient (Wildman–Crippen LogP) is 1.83. The molecule has 21 heavy (non-hydrogen) atoms. The summed E-state index contributed by atoms with van der Waals surface area (Å²) in [4.78, 5) is 3.79. The van der Waals surface area contributed by atoms with Crippen molar-refractivity contribution in [2.24, 2.45) is 5.14 Å². The number of nitrogens with two attached hydrogens (primary N) is 1.